The van der Waals surface area contributed by atoms with Crippen LogP contribution in [0.3, 0.4) is 0 Å². The third-order valence-electron chi connectivity index (χ3n) is 4.19. The number of nitrogens with zero attached hydrogens (tertiary/aromatic N) is 5. The average molecular weight is 358 g/mol. The molecule has 0 saturated heterocycles. The summed E-state index contributed by atoms with van der Waals surface area (Å²) < 4.78 is 1.84. The van der Waals surface area contributed by atoms with Crippen molar-refractivity contribution in [1.82, 2.24) is 25.1 Å². The summed E-state index contributed by atoms with van der Waals surface area (Å²) in [7, 11) is 1.86. The first-order valence-corrected chi connectivity index (χ1v) is 8.86. The Balaban J connectivity index is 2.11. The fourth-order valence-electron chi connectivity index (χ4n) is 2.04. The van der Waals surface area contributed by atoms with Crippen LogP contribution in [0.4, 0.5) is 0 Å². The van der Waals surface area contributed by atoms with E-state index >= 15 is 0 Å². The van der Waals surface area contributed by atoms with Gasteiger partial charge in [0.1, 0.15) is 5.54 Å². The van der Waals surface area contributed by atoms with Gasteiger partial charge in [0.05, 0.1) is 11.3 Å². The van der Waals surface area contributed by atoms with Gasteiger partial charge in [0.2, 0.25) is 5.91 Å². The van der Waals surface area contributed by atoms with E-state index < -0.39 is 10.8 Å². The molecule has 0 saturated carbocycles. The molecule has 0 spiro atoms. The Morgan fingerprint density at radius 1 is 1.32 bits per heavy atom. The molecule has 2 heterocycles. The lowest BCUT2D eigenvalue weighted by molar-refractivity contribution is -0.121. The summed E-state index contributed by atoms with van der Waals surface area (Å²) in [6.45, 7) is 7.34. The molecule has 25 heavy (non-hydrogen) atoms. The van der Waals surface area contributed by atoms with Crippen molar-refractivity contribution in [1.29, 1.82) is 5.26 Å². The van der Waals surface area contributed by atoms with Gasteiger partial charge >= 0.3 is 0 Å². The molecular weight excluding hydrogens is 336 g/mol. The predicted octanol–water partition coefficient (Wildman–Crippen LogP) is 2.41. The van der Waals surface area contributed by atoms with Gasteiger partial charge in [-0.2, -0.15) is 5.26 Å². The Bertz CT molecular complexity index is 782. The summed E-state index contributed by atoms with van der Waals surface area (Å²) in [6.07, 6.45) is 3.39. The number of carbonyl (C=O) groups excluding carboxylic acids is 1. The summed E-state index contributed by atoms with van der Waals surface area (Å²) in [6, 6.07) is 5.90. The lowest BCUT2D eigenvalue weighted by Gasteiger charge is -2.28. The second-order valence-electron chi connectivity index (χ2n) is 6.32. The van der Waals surface area contributed by atoms with Crippen molar-refractivity contribution < 1.29 is 4.79 Å². The summed E-state index contributed by atoms with van der Waals surface area (Å²) in [5.74, 6) is 0.518. The number of hydrogen-bond donors (Lipinski definition) is 1. The SMILES string of the molecule is CC(C)[C@@](C)(C#N)NC(=O)[C@H](C)Sc1nnc(-c2ccncc2)n1C. The summed E-state index contributed by atoms with van der Waals surface area (Å²) in [5.41, 5.74) is 0.0133. The molecule has 2 aromatic rings. The predicted molar refractivity (Wildman–Crippen MR) is 96.6 cm³/mol. The van der Waals surface area contributed by atoms with E-state index in [1.165, 1.54) is 11.8 Å². The maximum absolute atomic E-state index is 12.5. The van der Waals surface area contributed by atoms with Crippen LogP contribution in [0.1, 0.15) is 27.7 Å². The number of aromatic nitrogens is 4. The van der Waals surface area contributed by atoms with Gasteiger partial charge in [0.25, 0.3) is 0 Å². The van der Waals surface area contributed by atoms with Gasteiger partial charge in [0, 0.05) is 25.0 Å². The van der Waals surface area contributed by atoms with Gasteiger partial charge in [0.15, 0.2) is 11.0 Å². The molecule has 132 valence electrons. The van der Waals surface area contributed by atoms with Gasteiger partial charge in [-0.3, -0.25) is 9.78 Å². The Kier molecular flexibility index (Phi) is 5.80. The molecule has 0 radical (unpaired) electrons. The molecule has 8 heteroatoms. The van der Waals surface area contributed by atoms with Crippen molar-refractivity contribution >= 4 is 17.7 Å². The molecule has 7 nitrogen and oxygen atoms in total. The minimum Gasteiger partial charge on any atom is -0.337 e. The van der Waals surface area contributed by atoms with E-state index in [9.17, 15) is 10.1 Å². The van der Waals surface area contributed by atoms with E-state index in [1.807, 2.05) is 37.6 Å². The summed E-state index contributed by atoms with van der Waals surface area (Å²) in [4.78, 5) is 16.5. The van der Waals surface area contributed by atoms with E-state index in [0.29, 0.717) is 11.0 Å². The average Bonchev–Trinajstić information content (AvgIpc) is 2.96. The Morgan fingerprint density at radius 2 is 1.96 bits per heavy atom. The monoisotopic (exact) mass is 358 g/mol. The van der Waals surface area contributed by atoms with Gasteiger partial charge in [-0.15, -0.1) is 10.2 Å². The number of nitrogens with one attached hydrogen (secondary N) is 1. The van der Waals surface area contributed by atoms with Crippen LogP contribution in [0.15, 0.2) is 29.7 Å². The van der Waals surface area contributed by atoms with Gasteiger partial charge in [-0.1, -0.05) is 25.6 Å². The first-order chi connectivity index (χ1) is 11.8. The fourth-order valence-corrected chi connectivity index (χ4v) is 2.86. The summed E-state index contributed by atoms with van der Waals surface area (Å²) in [5, 5.41) is 20.8. The van der Waals surface area contributed by atoms with Gasteiger partial charge < -0.3 is 9.88 Å². The summed E-state index contributed by atoms with van der Waals surface area (Å²) >= 11 is 1.31. The standard InChI is InChI=1S/C17H22N6OS/c1-11(2)17(4,10-18)20-15(24)12(3)25-16-22-21-14(23(16)5)13-6-8-19-9-7-13/h6-9,11-12H,1-5H3,(H,20,24)/t12-,17+/m0/s1. The third kappa shape index (κ3) is 4.17. The fraction of sp³-hybridized carbons (Fsp3) is 0.471. The molecule has 0 unspecified atom stereocenters. The van der Waals surface area contributed by atoms with Crippen molar-refractivity contribution in [2.75, 3.05) is 0 Å². The number of hydrogen-bond acceptors (Lipinski definition) is 6. The van der Waals surface area contributed by atoms with Crippen LogP contribution in [0.25, 0.3) is 11.4 Å². The van der Waals surface area contributed by atoms with E-state index in [0.717, 1.165) is 5.56 Å². The van der Waals surface area contributed by atoms with Crippen LogP contribution in [-0.4, -0.2) is 36.4 Å². The first-order valence-electron chi connectivity index (χ1n) is 7.98. The molecule has 2 rings (SSSR count). The zero-order valence-corrected chi connectivity index (χ0v) is 15.8. The van der Waals surface area contributed by atoms with Crippen LogP contribution in [0.2, 0.25) is 0 Å². The lowest BCUT2D eigenvalue weighted by atomic mass is 9.90. The highest BCUT2D eigenvalue weighted by Crippen LogP contribution is 2.26. The Morgan fingerprint density at radius 3 is 2.52 bits per heavy atom. The quantitative estimate of drug-likeness (QED) is 0.797. The largest absolute Gasteiger partial charge is 0.337 e. The zero-order chi connectivity index (χ0) is 18.6. The molecule has 2 atom stereocenters. The van der Waals surface area contributed by atoms with Crippen LogP contribution in [0, 0.1) is 17.2 Å². The van der Waals surface area contributed by atoms with Crippen molar-refractivity contribution in [2.45, 2.75) is 43.6 Å². The minimum absolute atomic E-state index is 0.00627. The smallest absolute Gasteiger partial charge is 0.234 e. The number of rotatable bonds is 6. The van der Waals surface area contributed by atoms with Crippen LogP contribution in [-0.2, 0) is 11.8 Å². The topological polar surface area (TPSA) is 96.5 Å². The maximum Gasteiger partial charge on any atom is 0.234 e. The highest BCUT2D eigenvalue weighted by Gasteiger charge is 2.32. The highest BCUT2D eigenvalue weighted by molar-refractivity contribution is 8.00. The third-order valence-corrected chi connectivity index (χ3v) is 5.33. The molecule has 0 bridgehead atoms. The van der Waals surface area contributed by atoms with E-state index in [1.54, 1.807) is 26.2 Å². The van der Waals surface area contributed by atoms with E-state index in [4.69, 9.17) is 0 Å². The normalized spacial score (nSPS) is 14.6. The first kappa shape index (κ1) is 18.9. The lowest BCUT2D eigenvalue weighted by Crippen LogP contribution is -2.51. The number of thioether (sulfide) groups is 1. The second-order valence-corrected chi connectivity index (χ2v) is 7.63. The molecule has 0 aliphatic carbocycles. The number of pyridine rings is 1. The number of carbonyl (C=O) groups is 1. The minimum atomic E-state index is -0.895. The zero-order valence-electron chi connectivity index (χ0n) is 15.0. The van der Waals surface area contributed by atoms with Gasteiger partial charge in [-0.05, 0) is 31.9 Å². The highest BCUT2D eigenvalue weighted by atomic mass is 32.2. The van der Waals surface area contributed by atoms with Crippen molar-refractivity contribution in [3.05, 3.63) is 24.5 Å². The van der Waals surface area contributed by atoms with Crippen molar-refractivity contribution in [3.63, 3.8) is 0 Å². The van der Waals surface area contributed by atoms with Crippen molar-refractivity contribution in [3.8, 4) is 17.5 Å². The molecule has 0 aliphatic heterocycles. The molecule has 1 N–H and O–H groups in total. The molecule has 1 amide bonds. The molecular formula is C17H22N6OS. The number of amides is 1. The molecule has 0 aliphatic rings. The van der Waals surface area contributed by atoms with Gasteiger partial charge in [-0.25, -0.2) is 0 Å². The molecule has 0 aromatic carbocycles. The van der Waals surface area contributed by atoms with Crippen molar-refractivity contribution in [2.24, 2.45) is 13.0 Å². The Hall–Kier alpha value is -2.40. The van der Waals surface area contributed by atoms with Crippen LogP contribution >= 0.6 is 11.8 Å². The number of nitriles is 1. The second kappa shape index (κ2) is 7.66. The maximum atomic E-state index is 12.5. The molecule has 2 aromatic heterocycles. The van der Waals surface area contributed by atoms with E-state index in [-0.39, 0.29) is 11.8 Å². The van der Waals surface area contributed by atoms with Crippen LogP contribution in [0.5, 0.6) is 0 Å². The van der Waals surface area contributed by atoms with E-state index in [2.05, 4.69) is 26.6 Å². The Labute approximate surface area is 151 Å². The molecule has 0 fully saturated rings. The van der Waals surface area contributed by atoms with Crippen LogP contribution < -0.4 is 5.32 Å².